The largest absolute Gasteiger partial charge is 0.256 e. The molecular weight excluding hydrogens is 238 g/mol. The van der Waals surface area contributed by atoms with E-state index in [9.17, 15) is 0 Å². The highest BCUT2D eigenvalue weighted by atomic mass is 32.2. The molecule has 0 amide bonds. The Balaban J connectivity index is 0.000000203. The summed E-state index contributed by atoms with van der Waals surface area (Å²) >= 11 is 1.70. The molecule has 1 aliphatic rings. The number of hydrogen-bond donors (Lipinski definition) is 0. The molecule has 1 aromatic rings. The van der Waals surface area contributed by atoms with Crippen LogP contribution in [0.25, 0.3) is 0 Å². The van der Waals surface area contributed by atoms with Crippen LogP contribution < -0.4 is 0 Å². The first-order chi connectivity index (χ1) is 8.88. The van der Waals surface area contributed by atoms with E-state index in [1.807, 2.05) is 35.9 Å². The average Bonchev–Trinajstić information content (AvgIpc) is 2.65. The zero-order chi connectivity index (χ0) is 13.1. The van der Waals surface area contributed by atoms with E-state index in [1.165, 1.54) is 37.0 Å². The highest BCUT2D eigenvalue weighted by Crippen LogP contribution is 2.30. The van der Waals surface area contributed by atoms with Crippen molar-refractivity contribution in [2.24, 2.45) is 4.99 Å². The molecule has 98 valence electrons. The van der Waals surface area contributed by atoms with Crippen LogP contribution in [0.15, 0.2) is 45.6 Å². The Kier molecular flexibility index (Phi) is 8.32. The third kappa shape index (κ3) is 6.06. The first kappa shape index (κ1) is 15.0. The maximum absolute atomic E-state index is 4.25. The van der Waals surface area contributed by atoms with Crippen LogP contribution in [-0.4, -0.2) is 6.21 Å². The second-order valence-electron chi connectivity index (χ2n) is 4.25. The monoisotopic (exact) mass is 261 g/mol. The Morgan fingerprint density at radius 3 is 2.44 bits per heavy atom. The van der Waals surface area contributed by atoms with Crippen molar-refractivity contribution in [3.8, 4) is 0 Å². The summed E-state index contributed by atoms with van der Waals surface area (Å²) in [4.78, 5) is 5.47. The minimum atomic E-state index is 1.06. The zero-order valence-corrected chi connectivity index (χ0v) is 12.2. The van der Waals surface area contributed by atoms with Gasteiger partial charge in [-0.15, -0.1) is 0 Å². The van der Waals surface area contributed by atoms with Crippen LogP contribution in [0.3, 0.4) is 0 Å². The van der Waals surface area contributed by atoms with Crippen LogP contribution in [0.2, 0.25) is 0 Å². The highest BCUT2D eigenvalue weighted by molar-refractivity contribution is 8.02. The molecule has 0 aromatic heterocycles. The molecule has 0 fully saturated rings. The van der Waals surface area contributed by atoms with Gasteiger partial charge in [-0.2, -0.15) is 0 Å². The smallest absolute Gasteiger partial charge is 0.0768 e. The van der Waals surface area contributed by atoms with Crippen molar-refractivity contribution in [1.82, 2.24) is 0 Å². The number of hydrogen-bond acceptors (Lipinski definition) is 2. The van der Waals surface area contributed by atoms with Crippen molar-refractivity contribution in [3.05, 3.63) is 35.7 Å². The molecule has 1 heterocycles. The Morgan fingerprint density at radius 2 is 1.72 bits per heavy atom. The number of para-hydroxylation sites is 1. The number of unbranched alkanes of at least 4 members (excludes halogenated alkanes) is 4. The quantitative estimate of drug-likeness (QED) is 0.607. The lowest BCUT2D eigenvalue weighted by atomic mass is 10.2. The summed E-state index contributed by atoms with van der Waals surface area (Å²) in [7, 11) is 0. The molecule has 1 aliphatic heterocycles. The van der Waals surface area contributed by atoms with Gasteiger partial charge in [-0.1, -0.05) is 69.8 Å². The molecule has 0 saturated heterocycles. The lowest BCUT2D eigenvalue weighted by Gasteiger charge is -1.97. The summed E-state index contributed by atoms with van der Waals surface area (Å²) < 4.78 is 0. The van der Waals surface area contributed by atoms with Gasteiger partial charge in [0.15, 0.2) is 0 Å². The van der Waals surface area contributed by atoms with Gasteiger partial charge < -0.3 is 0 Å². The molecule has 0 atom stereocenters. The second-order valence-corrected chi connectivity index (χ2v) is 5.20. The van der Waals surface area contributed by atoms with Crippen LogP contribution in [0.4, 0.5) is 5.69 Å². The first-order valence-electron chi connectivity index (χ1n) is 6.83. The van der Waals surface area contributed by atoms with Crippen molar-refractivity contribution < 1.29 is 0 Å². The van der Waals surface area contributed by atoms with Gasteiger partial charge in [-0.05, 0) is 23.6 Å². The van der Waals surface area contributed by atoms with E-state index in [0.717, 1.165) is 5.69 Å². The Morgan fingerprint density at radius 1 is 1.00 bits per heavy atom. The van der Waals surface area contributed by atoms with Gasteiger partial charge >= 0.3 is 0 Å². The number of rotatable bonds is 4. The number of thioether (sulfide) groups is 1. The number of nitrogens with zero attached hydrogens (tertiary/aromatic N) is 1. The normalized spacial score (nSPS) is 12.3. The third-order valence-corrected chi connectivity index (χ3v) is 3.54. The number of aliphatic imine (C=N–C) groups is 1. The molecule has 0 N–H and O–H groups in total. The number of allylic oxidation sites excluding steroid dienone is 1. The molecule has 0 saturated carbocycles. The molecule has 2 rings (SSSR count). The van der Waals surface area contributed by atoms with Gasteiger partial charge in [-0.3, -0.25) is 4.99 Å². The average molecular weight is 261 g/mol. The van der Waals surface area contributed by atoms with E-state index < -0.39 is 0 Å². The van der Waals surface area contributed by atoms with Crippen LogP contribution in [0.1, 0.15) is 46.0 Å². The zero-order valence-electron chi connectivity index (χ0n) is 11.4. The van der Waals surface area contributed by atoms with E-state index in [2.05, 4.69) is 24.9 Å². The van der Waals surface area contributed by atoms with Crippen molar-refractivity contribution in [3.63, 3.8) is 0 Å². The molecule has 0 aliphatic carbocycles. The standard InChI is InChI=1S/C9H7NS.C7H16/c1-2-5-9-8(4-1)10-6-3-7-11-9;1-3-5-7-6-4-2/h1-7H;3-7H2,1-2H3. The van der Waals surface area contributed by atoms with Gasteiger partial charge in [0.1, 0.15) is 0 Å². The van der Waals surface area contributed by atoms with Crippen molar-refractivity contribution in [1.29, 1.82) is 0 Å². The lowest BCUT2D eigenvalue weighted by molar-refractivity contribution is 0.656. The maximum atomic E-state index is 4.25. The van der Waals surface area contributed by atoms with Gasteiger partial charge in [0.2, 0.25) is 0 Å². The van der Waals surface area contributed by atoms with Crippen LogP contribution in [0, 0.1) is 0 Å². The lowest BCUT2D eigenvalue weighted by Crippen LogP contribution is -1.70. The molecule has 18 heavy (non-hydrogen) atoms. The van der Waals surface area contributed by atoms with Gasteiger partial charge in [0, 0.05) is 11.1 Å². The first-order valence-corrected chi connectivity index (χ1v) is 7.71. The predicted molar refractivity (Wildman–Crippen MR) is 84.0 cm³/mol. The highest BCUT2D eigenvalue weighted by Gasteiger charge is 1.98. The molecule has 0 spiro atoms. The summed E-state index contributed by atoms with van der Waals surface area (Å²) in [6.45, 7) is 4.49. The third-order valence-electron chi connectivity index (χ3n) is 2.65. The summed E-state index contributed by atoms with van der Waals surface area (Å²) in [6.07, 6.45) is 10.8. The molecule has 1 aromatic carbocycles. The SMILES string of the molecule is C1=CSc2ccccc2N=C1.CCCCCCC. The molecule has 0 bridgehead atoms. The second kappa shape index (κ2) is 9.95. The maximum Gasteiger partial charge on any atom is 0.0768 e. The molecule has 2 heteroatoms. The van der Waals surface area contributed by atoms with E-state index in [-0.39, 0.29) is 0 Å². The van der Waals surface area contributed by atoms with Gasteiger partial charge in [0.25, 0.3) is 0 Å². The van der Waals surface area contributed by atoms with Crippen molar-refractivity contribution >= 4 is 23.7 Å². The van der Waals surface area contributed by atoms with Gasteiger partial charge in [-0.25, -0.2) is 0 Å². The number of fused-ring (bicyclic) bond motifs is 1. The molecule has 0 radical (unpaired) electrons. The van der Waals surface area contributed by atoms with Crippen LogP contribution in [0.5, 0.6) is 0 Å². The summed E-state index contributed by atoms with van der Waals surface area (Å²) in [5, 5.41) is 2.04. The minimum absolute atomic E-state index is 1.06. The van der Waals surface area contributed by atoms with Gasteiger partial charge in [0.05, 0.1) is 5.69 Å². The van der Waals surface area contributed by atoms with Crippen molar-refractivity contribution in [2.75, 3.05) is 0 Å². The molecular formula is C16H23NS. The van der Waals surface area contributed by atoms with E-state index in [4.69, 9.17) is 0 Å². The summed E-state index contributed by atoms with van der Waals surface area (Å²) in [6, 6.07) is 8.13. The molecule has 1 nitrogen and oxygen atoms in total. The Hall–Kier alpha value is -1.02. The van der Waals surface area contributed by atoms with E-state index in [1.54, 1.807) is 11.8 Å². The fraction of sp³-hybridized carbons (Fsp3) is 0.438. The fourth-order valence-electron chi connectivity index (χ4n) is 1.61. The number of benzene rings is 1. The Labute approximate surface area is 115 Å². The molecule has 0 unspecified atom stereocenters. The van der Waals surface area contributed by atoms with Crippen molar-refractivity contribution in [2.45, 2.75) is 50.8 Å². The van der Waals surface area contributed by atoms with Crippen LogP contribution >= 0.6 is 11.8 Å². The summed E-state index contributed by atoms with van der Waals surface area (Å²) in [5.74, 6) is 0. The van der Waals surface area contributed by atoms with Crippen LogP contribution in [-0.2, 0) is 0 Å². The predicted octanol–water partition coefficient (Wildman–Crippen LogP) is 5.99. The fourth-order valence-corrected chi connectivity index (χ4v) is 2.31. The minimum Gasteiger partial charge on any atom is -0.256 e. The van der Waals surface area contributed by atoms with E-state index >= 15 is 0 Å². The van der Waals surface area contributed by atoms with E-state index in [0.29, 0.717) is 0 Å². The topological polar surface area (TPSA) is 12.4 Å². The summed E-state index contributed by atoms with van der Waals surface area (Å²) in [5.41, 5.74) is 1.06. The Bertz CT molecular complexity index is 378.